The minimum Gasteiger partial charge on any atom is -0.454 e. The van der Waals surface area contributed by atoms with Crippen molar-refractivity contribution in [1.29, 1.82) is 5.26 Å². The number of nitrogens with zero attached hydrogens (tertiary/aromatic N) is 3. The third kappa shape index (κ3) is 4.89. The van der Waals surface area contributed by atoms with E-state index in [0.717, 1.165) is 66.2 Å². The average molecular weight is 782 g/mol. The zero-order valence-corrected chi connectivity index (χ0v) is 33.5. The Morgan fingerprint density at radius 2 is 0.867 bits per heavy atom. The van der Waals surface area contributed by atoms with Crippen LogP contribution in [-0.2, 0) is 0 Å². The SMILES string of the molecule is N#Cc1ccc2c(c1)c1ccccc1n2-c1ccc([Si](c2ccccc2)(c2ccccc2)c2ccc(-n3c4ccccc4c4ccc5c6ccccc6oc5c43)cc2)cc1. The number of para-hydroxylation sites is 3. The quantitative estimate of drug-likeness (QED) is 0.125. The second kappa shape index (κ2) is 13.3. The fraction of sp³-hybridized carbons (Fsp3) is 0. The Labute approximate surface area is 347 Å². The summed E-state index contributed by atoms with van der Waals surface area (Å²) in [6.45, 7) is 0. The van der Waals surface area contributed by atoms with Crippen LogP contribution >= 0.6 is 0 Å². The number of hydrogen-bond donors (Lipinski definition) is 0. The fourth-order valence-electron chi connectivity index (χ4n) is 9.92. The number of rotatable bonds is 6. The van der Waals surface area contributed by atoms with Crippen LogP contribution in [0.25, 0.3) is 76.9 Å². The summed E-state index contributed by atoms with van der Waals surface area (Å²) in [7, 11) is -2.88. The van der Waals surface area contributed by atoms with Crippen molar-refractivity contribution < 1.29 is 4.42 Å². The van der Waals surface area contributed by atoms with E-state index < -0.39 is 8.07 Å². The number of furan rings is 1. The van der Waals surface area contributed by atoms with Gasteiger partial charge in [-0.2, -0.15) is 5.26 Å². The van der Waals surface area contributed by atoms with E-state index >= 15 is 0 Å². The van der Waals surface area contributed by atoms with Crippen molar-refractivity contribution >= 4 is 94.4 Å². The van der Waals surface area contributed by atoms with E-state index in [1.54, 1.807) is 0 Å². The first-order valence-electron chi connectivity index (χ1n) is 20.3. The van der Waals surface area contributed by atoms with Gasteiger partial charge in [0.05, 0.1) is 33.7 Å². The highest BCUT2D eigenvalue weighted by atomic mass is 28.3. The number of benzene rings is 9. The summed E-state index contributed by atoms with van der Waals surface area (Å²) in [5, 5.41) is 21.8. The molecule has 4 nitrogen and oxygen atoms in total. The maximum Gasteiger partial charge on any atom is 0.179 e. The standard InChI is InChI=1S/C55H35N3OSi/c56-36-37-23-34-52-49(35-37)45-18-8-10-20-50(45)57(52)38-24-28-42(29-25-38)60(40-13-3-1-4-14-40,41-15-5-2-6-16-41)43-30-26-39(27-31-43)58-51-21-11-7-17-44(51)47-32-33-48-46-19-9-12-22-53(46)59-55(48)54(47)58/h1-35H. The molecule has 12 rings (SSSR count). The van der Waals surface area contributed by atoms with Gasteiger partial charge in [0.15, 0.2) is 13.7 Å². The Kier molecular flexibility index (Phi) is 7.58. The molecule has 280 valence electrons. The number of fused-ring (bicyclic) bond motifs is 10. The highest BCUT2D eigenvalue weighted by molar-refractivity contribution is 7.19. The number of aromatic nitrogens is 2. The summed E-state index contributed by atoms with van der Waals surface area (Å²) in [5.74, 6) is 0. The molecule has 0 aliphatic rings. The lowest BCUT2D eigenvalue weighted by molar-refractivity contribution is 0.671. The van der Waals surface area contributed by atoms with E-state index in [9.17, 15) is 5.26 Å². The summed E-state index contributed by atoms with van der Waals surface area (Å²) in [6, 6.07) is 79.0. The first-order chi connectivity index (χ1) is 29.7. The maximum atomic E-state index is 9.73. The maximum absolute atomic E-state index is 9.73. The Hall–Kier alpha value is -7.91. The molecule has 9 aromatic carbocycles. The van der Waals surface area contributed by atoms with Crippen molar-refractivity contribution in [1.82, 2.24) is 9.13 Å². The molecule has 3 aromatic heterocycles. The molecule has 12 aromatic rings. The first-order valence-corrected chi connectivity index (χ1v) is 22.3. The van der Waals surface area contributed by atoms with Crippen molar-refractivity contribution in [2.45, 2.75) is 0 Å². The van der Waals surface area contributed by atoms with E-state index in [1.807, 2.05) is 18.2 Å². The Bertz CT molecular complexity index is 3610. The van der Waals surface area contributed by atoms with Gasteiger partial charge in [-0.25, -0.2) is 0 Å². The summed E-state index contributed by atoms with van der Waals surface area (Å²) >= 11 is 0. The zero-order valence-electron chi connectivity index (χ0n) is 32.5. The van der Waals surface area contributed by atoms with Crippen LogP contribution in [-0.4, -0.2) is 17.2 Å². The minimum atomic E-state index is -2.88. The predicted molar refractivity (Wildman–Crippen MR) is 251 cm³/mol. The van der Waals surface area contributed by atoms with Crippen LogP contribution in [0, 0.1) is 11.3 Å². The molecule has 5 heteroatoms. The molecule has 0 saturated carbocycles. The highest BCUT2D eigenvalue weighted by Crippen LogP contribution is 2.40. The number of nitriles is 1. The average Bonchev–Trinajstić information content (AvgIpc) is 3.98. The zero-order chi connectivity index (χ0) is 39.8. The van der Waals surface area contributed by atoms with E-state index in [-0.39, 0.29) is 0 Å². The molecule has 0 saturated heterocycles. The summed E-state index contributed by atoms with van der Waals surface area (Å²) in [4.78, 5) is 0. The van der Waals surface area contributed by atoms with Crippen molar-refractivity contribution in [3.05, 3.63) is 218 Å². The van der Waals surface area contributed by atoms with Crippen LogP contribution in [0.15, 0.2) is 217 Å². The summed E-state index contributed by atoms with van der Waals surface area (Å²) < 4.78 is 11.4. The first kappa shape index (κ1) is 34.2. The lowest BCUT2D eigenvalue weighted by Gasteiger charge is -2.34. The third-order valence-corrected chi connectivity index (χ3v) is 17.3. The Morgan fingerprint density at radius 3 is 1.50 bits per heavy atom. The molecule has 0 fully saturated rings. The molecule has 60 heavy (non-hydrogen) atoms. The van der Waals surface area contributed by atoms with Crippen molar-refractivity contribution in [2.24, 2.45) is 0 Å². The van der Waals surface area contributed by atoms with Gasteiger partial charge in [-0.15, -0.1) is 0 Å². The van der Waals surface area contributed by atoms with Gasteiger partial charge in [-0.3, -0.25) is 0 Å². The molecular weight excluding hydrogens is 747 g/mol. The van der Waals surface area contributed by atoms with Crippen molar-refractivity contribution in [2.75, 3.05) is 0 Å². The monoisotopic (exact) mass is 781 g/mol. The van der Waals surface area contributed by atoms with E-state index in [1.165, 1.54) is 31.5 Å². The van der Waals surface area contributed by atoms with E-state index in [2.05, 4.69) is 209 Å². The van der Waals surface area contributed by atoms with Crippen LogP contribution in [0.3, 0.4) is 0 Å². The Morgan fingerprint density at radius 1 is 0.383 bits per heavy atom. The minimum absolute atomic E-state index is 0.661. The molecular formula is C55H35N3OSi. The molecule has 0 amide bonds. The Balaban J connectivity index is 1.07. The normalized spacial score (nSPS) is 12.0. The molecule has 3 heterocycles. The third-order valence-electron chi connectivity index (χ3n) is 12.5. The summed E-state index contributed by atoms with van der Waals surface area (Å²) in [5.41, 5.74) is 9.05. The van der Waals surface area contributed by atoms with Gasteiger partial charge in [0.25, 0.3) is 0 Å². The van der Waals surface area contributed by atoms with Gasteiger partial charge in [-0.1, -0.05) is 146 Å². The topological polar surface area (TPSA) is 46.8 Å². The molecule has 0 atom stereocenters. The summed E-state index contributed by atoms with van der Waals surface area (Å²) in [6.07, 6.45) is 0. The van der Waals surface area contributed by atoms with Gasteiger partial charge in [0.2, 0.25) is 0 Å². The van der Waals surface area contributed by atoms with E-state index in [4.69, 9.17) is 4.42 Å². The molecule has 0 N–H and O–H groups in total. The van der Waals surface area contributed by atoms with Gasteiger partial charge in [-0.05, 0) is 87.5 Å². The van der Waals surface area contributed by atoms with Crippen LogP contribution < -0.4 is 20.7 Å². The number of hydrogen-bond acceptors (Lipinski definition) is 2. The van der Waals surface area contributed by atoms with Crippen LogP contribution in [0.1, 0.15) is 5.56 Å². The molecule has 0 radical (unpaired) electrons. The fourth-order valence-corrected chi connectivity index (χ4v) is 14.6. The lowest BCUT2D eigenvalue weighted by atomic mass is 10.1. The van der Waals surface area contributed by atoms with Gasteiger partial charge in [0.1, 0.15) is 5.58 Å². The molecule has 0 unspecified atom stereocenters. The predicted octanol–water partition coefficient (Wildman–Crippen LogP) is 11.0. The molecule has 0 bridgehead atoms. The van der Waals surface area contributed by atoms with Crippen LogP contribution in [0.4, 0.5) is 0 Å². The van der Waals surface area contributed by atoms with Crippen LogP contribution in [0.5, 0.6) is 0 Å². The largest absolute Gasteiger partial charge is 0.454 e. The van der Waals surface area contributed by atoms with Crippen LogP contribution in [0.2, 0.25) is 0 Å². The van der Waals surface area contributed by atoms with Crippen molar-refractivity contribution in [3.63, 3.8) is 0 Å². The second-order valence-electron chi connectivity index (χ2n) is 15.6. The van der Waals surface area contributed by atoms with Gasteiger partial charge < -0.3 is 13.6 Å². The van der Waals surface area contributed by atoms with E-state index in [0.29, 0.717) is 5.56 Å². The smallest absolute Gasteiger partial charge is 0.179 e. The van der Waals surface area contributed by atoms with Crippen molar-refractivity contribution in [3.8, 4) is 17.4 Å². The molecule has 0 aliphatic carbocycles. The highest BCUT2D eigenvalue weighted by Gasteiger charge is 2.41. The lowest BCUT2D eigenvalue weighted by Crippen LogP contribution is -2.74. The van der Waals surface area contributed by atoms with Gasteiger partial charge >= 0.3 is 0 Å². The molecule has 0 aliphatic heterocycles. The van der Waals surface area contributed by atoms with Gasteiger partial charge in [0, 0.05) is 43.7 Å². The molecule has 0 spiro atoms. The second-order valence-corrected chi connectivity index (χ2v) is 19.4.